The van der Waals surface area contributed by atoms with E-state index in [1.165, 1.54) is 0 Å². The number of carbonyl (C=O) groups excluding carboxylic acids is 1. The predicted octanol–water partition coefficient (Wildman–Crippen LogP) is 5.52. The van der Waals surface area contributed by atoms with Crippen molar-refractivity contribution in [3.8, 4) is 11.5 Å². The molecule has 1 heterocycles. The topological polar surface area (TPSA) is 54.0 Å². The Balaban J connectivity index is 1.35. The van der Waals surface area contributed by atoms with Crippen molar-refractivity contribution in [3.63, 3.8) is 0 Å². The van der Waals surface area contributed by atoms with Crippen molar-refractivity contribution >= 4 is 57.7 Å². The lowest BCUT2D eigenvalue weighted by Crippen LogP contribution is -2.48. The van der Waals surface area contributed by atoms with E-state index in [0.29, 0.717) is 22.2 Å². The number of halogens is 2. The number of hydrogen-bond donors (Lipinski definition) is 1. The number of ether oxygens (including phenoxy) is 2. The number of benzene rings is 3. The number of carbonyl (C=O) groups is 1. The number of thiocarbonyl (C=S) groups is 1. The van der Waals surface area contributed by atoms with Gasteiger partial charge in [-0.1, -0.05) is 59.7 Å². The van der Waals surface area contributed by atoms with Crippen LogP contribution in [0, 0.1) is 0 Å². The van der Waals surface area contributed by atoms with Crippen LogP contribution >= 0.6 is 35.4 Å². The molecule has 1 fully saturated rings. The van der Waals surface area contributed by atoms with Gasteiger partial charge < -0.3 is 24.6 Å². The normalized spacial score (nSPS) is 13.3. The quantitative estimate of drug-likeness (QED) is 0.407. The van der Waals surface area contributed by atoms with Gasteiger partial charge in [-0.2, -0.15) is 0 Å². The van der Waals surface area contributed by atoms with E-state index in [-0.39, 0.29) is 12.5 Å². The molecular weight excluding hydrogens is 505 g/mol. The minimum absolute atomic E-state index is 0.185. The van der Waals surface area contributed by atoms with Crippen LogP contribution < -0.4 is 19.7 Å². The average Bonchev–Trinajstić information content (AvgIpc) is 2.89. The Kier molecular flexibility index (Phi) is 8.33. The van der Waals surface area contributed by atoms with E-state index in [4.69, 9.17) is 44.9 Å². The molecule has 1 saturated heterocycles. The van der Waals surface area contributed by atoms with Crippen LogP contribution in [-0.2, 0) is 4.79 Å². The van der Waals surface area contributed by atoms with E-state index in [9.17, 15) is 4.79 Å². The summed E-state index contributed by atoms with van der Waals surface area (Å²) in [6.45, 7) is 3.03. The van der Waals surface area contributed by atoms with Gasteiger partial charge in [-0.05, 0) is 42.5 Å². The van der Waals surface area contributed by atoms with E-state index in [1.807, 2.05) is 36.4 Å². The monoisotopic (exact) mass is 529 g/mol. The lowest BCUT2D eigenvalue weighted by Gasteiger charge is -2.37. The van der Waals surface area contributed by atoms with Gasteiger partial charge >= 0.3 is 0 Å². The summed E-state index contributed by atoms with van der Waals surface area (Å²) in [4.78, 5) is 17.5. The van der Waals surface area contributed by atoms with Gasteiger partial charge in [0.25, 0.3) is 5.91 Å². The fraction of sp³-hybridized carbons (Fsp3) is 0.231. The minimum atomic E-state index is -0.323. The average molecular weight is 530 g/mol. The number of rotatable bonds is 7. The first-order valence-electron chi connectivity index (χ1n) is 11.1. The van der Waals surface area contributed by atoms with Gasteiger partial charge in [0.05, 0.1) is 28.5 Å². The second-order valence-electron chi connectivity index (χ2n) is 7.91. The molecule has 3 aromatic carbocycles. The molecule has 1 amide bonds. The second kappa shape index (κ2) is 11.6. The molecule has 0 spiro atoms. The van der Waals surface area contributed by atoms with Gasteiger partial charge in [0.1, 0.15) is 4.99 Å². The summed E-state index contributed by atoms with van der Waals surface area (Å²) < 4.78 is 11.2. The molecule has 6 nitrogen and oxygen atoms in total. The third-order valence-corrected chi connectivity index (χ3v) is 6.82. The van der Waals surface area contributed by atoms with Gasteiger partial charge in [0.15, 0.2) is 18.1 Å². The lowest BCUT2D eigenvalue weighted by atomic mass is 10.1. The Labute approximate surface area is 220 Å². The molecule has 0 unspecified atom stereocenters. The number of piperazine rings is 1. The van der Waals surface area contributed by atoms with Crippen molar-refractivity contribution in [3.05, 3.63) is 82.3 Å². The number of para-hydroxylation sites is 2. The van der Waals surface area contributed by atoms with Crippen molar-refractivity contribution in [2.75, 3.05) is 50.1 Å². The van der Waals surface area contributed by atoms with Gasteiger partial charge in [-0.25, -0.2) is 0 Å². The van der Waals surface area contributed by atoms with Crippen molar-refractivity contribution in [2.24, 2.45) is 0 Å². The molecular formula is C26H25Cl2N3O3S. The Morgan fingerprint density at radius 1 is 0.943 bits per heavy atom. The van der Waals surface area contributed by atoms with Crippen molar-refractivity contribution in [1.29, 1.82) is 0 Å². The van der Waals surface area contributed by atoms with Gasteiger partial charge in [0.2, 0.25) is 0 Å². The molecule has 0 radical (unpaired) electrons. The number of nitrogens with zero attached hydrogens (tertiary/aromatic N) is 2. The summed E-state index contributed by atoms with van der Waals surface area (Å²) >= 11 is 18.2. The number of amides is 1. The first kappa shape index (κ1) is 25.1. The van der Waals surface area contributed by atoms with Crippen LogP contribution in [-0.4, -0.2) is 55.7 Å². The largest absolute Gasteiger partial charge is 0.493 e. The van der Waals surface area contributed by atoms with Crippen LogP contribution in [0.2, 0.25) is 10.0 Å². The molecule has 0 atom stereocenters. The molecule has 9 heteroatoms. The Bertz CT molecular complexity index is 1220. The summed E-state index contributed by atoms with van der Waals surface area (Å²) in [7, 11) is 1.56. The summed E-state index contributed by atoms with van der Waals surface area (Å²) in [5.41, 5.74) is 2.43. The fourth-order valence-electron chi connectivity index (χ4n) is 3.85. The zero-order chi connectivity index (χ0) is 24.8. The smallest absolute Gasteiger partial charge is 0.262 e. The standard InChI is InChI=1S/C26H25Cl2N3O3S/c1-33-24-16-18(10-11-23(24)34-17-25(32)29-21-8-4-2-6-19(21)27)26(35)31-14-12-30(13-15-31)22-9-5-3-7-20(22)28/h2-11,16H,12-15,17H2,1H3,(H,29,32). The Morgan fingerprint density at radius 3 is 2.31 bits per heavy atom. The van der Waals surface area contributed by atoms with E-state index in [0.717, 1.165) is 47.4 Å². The zero-order valence-electron chi connectivity index (χ0n) is 19.2. The zero-order valence-corrected chi connectivity index (χ0v) is 21.5. The molecule has 1 aliphatic rings. The lowest BCUT2D eigenvalue weighted by molar-refractivity contribution is -0.118. The van der Waals surface area contributed by atoms with Gasteiger partial charge in [0, 0.05) is 31.7 Å². The first-order valence-corrected chi connectivity index (χ1v) is 12.3. The summed E-state index contributed by atoms with van der Waals surface area (Å²) in [6, 6.07) is 20.4. The molecule has 3 aromatic rings. The Morgan fingerprint density at radius 2 is 1.63 bits per heavy atom. The molecule has 1 aliphatic heterocycles. The molecule has 4 rings (SSSR count). The molecule has 0 saturated carbocycles. The number of hydrogen-bond acceptors (Lipinski definition) is 5. The third-order valence-electron chi connectivity index (χ3n) is 5.68. The highest BCUT2D eigenvalue weighted by atomic mass is 35.5. The van der Waals surface area contributed by atoms with E-state index in [2.05, 4.69) is 15.1 Å². The highest BCUT2D eigenvalue weighted by Crippen LogP contribution is 2.30. The predicted molar refractivity (Wildman–Crippen MR) is 146 cm³/mol. The maximum absolute atomic E-state index is 12.3. The fourth-order valence-corrected chi connectivity index (χ4v) is 4.60. The highest BCUT2D eigenvalue weighted by molar-refractivity contribution is 7.80. The third kappa shape index (κ3) is 6.17. The first-order chi connectivity index (χ1) is 17.0. The molecule has 0 aromatic heterocycles. The van der Waals surface area contributed by atoms with Crippen LogP contribution in [0.4, 0.5) is 11.4 Å². The van der Waals surface area contributed by atoms with E-state index >= 15 is 0 Å². The van der Waals surface area contributed by atoms with Gasteiger partial charge in [-0.15, -0.1) is 0 Å². The maximum Gasteiger partial charge on any atom is 0.262 e. The second-order valence-corrected chi connectivity index (χ2v) is 9.11. The highest BCUT2D eigenvalue weighted by Gasteiger charge is 2.22. The molecule has 0 bridgehead atoms. The van der Waals surface area contributed by atoms with E-state index < -0.39 is 0 Å². The number of nitrogens with one attached hydrogen (secondary N) is 1. The number of methoxy groups -OCH3 is 1. The van der Waals surface area contributed by atoms with Crippen LogP contribution in [0.5, 0.6) is 11.5 Å². The molecule has 35 heavy (non-hydrogen) atoms. The van der Waals surface area contributed by atoms with Crippen molar-refractivity contribution in [2.45, 2.75) is 0 Å². The minimum Gasteiger partial charge on any atom is -0.493 e. The van der Waals surface area contributed by atoms with Crippen molar-refractivity contribution in [1.82, 2.24) is 4.90 Å². The molecule has 0 aliphatic carbocycles. The summed E-state index contributed by atoms with van der Waals surface area (Å²) in [5, 5.41) is 3.95. The molecule has 1 N–H and O–H groups in total. The van der Waals surface area contributed by atoms with Crippen LogP contribution in [0.25, 0.3) is 0 Å². The van der Waals surface area contributed by atoms with E-state index in [1.54, 1.807) is 37.4 Å². The van der Waals surface area contributed by atoms with Crippen LogP contribution in [0.1, 0.15) is 5.56 Å². The van der Waals surface area contributed by atoms with Crippen LogP contribution in [0.15, 0.2) is 66.7 Å². The summed E-state index contributed by atoms with van der Waals surface area (Å²) in [6.07, 6.45) is 0. The van der Waals surface area contributed by atoms with Gasteiger partial charge in [-0.3, -0.25) is 4.79 Å². The van der Waals surface area contributed by atoms with Crippen LogP contribution in [0.3, 0.4) is 0 Å². The molecule has 182 valence electrons. The van der Waals surface area contributed by atoms with Crippen molar-refractivity contribution < 1.29 is 14.3 Å². The SMILES string of the molecule is COc1cc(C(=S)N2CCN(c3ccccc3Cl)CC2)ccc1OCC(=O)Nc1ccccc1Cl. The maximum atomic E-state index is 12.3. The Hall–Kier alpha value is -3.00. The summed E-state index contributed by atoms with van der Waals surface area (Å²) in [5.74, 6) is 0.637. The number of anilines is 2.